The van der Waals surface area contributed by atoms with E-state index in [1.807, 2.05) is 18.2 Å². The van der Waals surface area contributed by atoms with Crippen molar-refractivity contribution in [2.45, 2.75) is 18.9 Å². The Morgan fingerprint density at radius 3 is 2.67 bits per heavy atom. The summed E-state index contributed by atoms with van der Waals surface area (Å²) in [6.45, 7) is 0. The van der Waals surface area contributed by atoms with Gasteiger partial charge >= 0.3 is 0 Å². The van der Waals surface area contributed by atoms with Gasteiger partial charge in [-0.15, -0.1) is 12.4 Å². The number of benzene rings is 1. The zero-order valence-electron chi connectivity index (χ0n) is 8.57. The van der Waals surface area contributed by atoms with Crippen molar-refractivity contribution in [1.82, 2.24) is 0 Å². The van der Waals surface area contributed by atoms with Gasteiger partial charge in [0.2, 0.25) is 0 Å². The van der Waals surface area contributed by atoms with Crippen molar-refractivity contribution in [2.24, 2.45) is 11.7 Å². The predicted molar refractivity (Wildman–Crippen MR) is 67.6 cm³/mol. The standard InChI is InChI=1S/C11H14BrNO.ClH/c1-14-10-6-8(12)4-5-9(10)11(13)7-2-3-7;/h4-7,11H,2-3,13H2,1H3;1H/t11-;/m1./s1. The lowest BCUT2D eigenvalue weighted by Crippen LogP contribution is -2.13. The summed E-state index contributed by atoms with van der Waals surface area (Å²) in [6.07, 6.45) is 2.50. The highest BCUT2D eigenvalue weighted by Gasteiger charge is 2.31. The maximum atomic E-state index is 6.13. The Hall–Kier alpha value is -0.250. The Bertz CT molecular complexity index is 341. The smallest absolute Gasteiger partial charge is 0.124 e. The Morgan fingerprint density at radius 2 is 2.13 bits per heavy atom. The molecule has 0 radical (unpaired) electrons. The van der Waals surface area contributed by atoms with E-state index in [2.05, 4.69) is 15.9 Å². The van der Waals surface area contributed by atoms with Gasteiger partial charge in [-0.05, 0) is 30.9 Å². The summed E-state index contributed by atoms with van der Waals surface area (Å²) in [6, 6.07) is 6.17. The third-order valence-electron chi connectivity index (χ3n) is 2.68. The zero-order valence-corrected chi connectivity index (χ0v) is 11.0. The molecule has 0 saturated heterocycles. The van der Waals surface area contributed by atoms with E-state index in [9.17, 15) is 0 Å². The minimum absolute atomic E-state index is 0. The van der Waals surface area contributed by atoms with Crippen LogP contribution in [0.15, 0.2) is 22.7 Å². The van der Waals surface area contributed by atoms with E-state index < -0.39 is 0 Å². The molecule has 1 aromatic rings. The van der Waals surface area contributed by atoms with Crippen molar-refractivity contribution in [3.63, 3.8) is 0 Å². The first-order chi connectivity index (χ1) is 6.72. The van der Waals surface area contributed by atoms with E-state index in [-0.39, 0.29) is 18.4 Å². The van der Waals surface area contributed by atoms with Crippen LogP contribution in [0.25, 0.3) is 0 Å². The third-order valence-corrected chi connectivity index (χ3v) is 3.18. The van der Waals surface area contributed by atoms with Crippen LogP contribution >= 0.6 is 28.3 Å². The molecule has 1 aliphatic carbocycles. The molecule has 1 saturated carbocycles. The van der Waals surface area contributed by atoms with E-state index in [4.69, 9.17) is 10.5 Å². The zero-order chi connectivity index (χ0) is 10.1. The molecule has 84 valence electrons. The second kappa shape index (κ2) is 5.19. The van der Waals surface area contributed by atoms with Crippen LogP contribution in [-0.4, -0.2) is 7.11 Å². The van der Waals surface area contributed by atoms with Crippen molar-refractivity contribution >= 4 is 28.3 Å². The molecular weight excluding hydrogens is 277 g/mol. The van der Waals surface area contributed by atoms with Crippen LogP contribution in [-0.2, 0) is 0 Å². The molecule has 0 aromatic heterocycles. The average molecular weight is 293 g/mol. The summed E-state index contributed by atoms with van der Waals surface area (Å²) in [4.78, 5) is 0. The van der Waals surface area contributed by atoms with Crippen LogP contribution in [0.1, 0.15) is 24.4 Å². The highest BCUT2D eigenvalue weighted by Crippen LogP contribution is 2.42. The van der Waals surface area contributed by atoms with E-state index in [1.165, 1.54) is 12.8 Å². The summed E-state index contributed by atoms with van der Waals surface area (Å²) in [5.74, 6) is 1.55. The fraction of sp³-hybridized carbons (Fsp3) is 0.455. The van der Waals surface area contributed by atoms with Crippen LogP contribution in [0.5, 0.6) is 5.75 Å². The van der Waals surface area contributed by atoms with Gasteiger partial charge in [0.25, 0.3) is 0 Å². The Balaban J connectivity index is 0.00000112. The molecule has 1 aromatic carbocycles. The Labute approximate surface area is 105 Å². The van der Waals surface area contributed by atoms with Crippen LogP contribution in [0, 0.1) is 5.92 Å². The lowest BCUT2D eigenvalue weighted by Gasteiger charge is -2.15. The molecule has 2 rings (SSSR count). The van der Waals surface area contributed by atoms with Gasteiger partial charge < -0.3 is 10.5 Å². The fourth-order valence-corrected chi connectivity index (χ4v) is 2.01. The molecular formula is C11H15BrClNO. The second-order valence-corrected chi connectivity index (χ2v) is 4.67. The minimum Gasteiger partial charge on any atom is -0.496 e. The van der Waals surface area contributed by atoms with Crippen LogP contribution in [0.2, 0.25) is 0 Å². The fourth-order valence-electron chi connectivity index (χ4n) is 1.67. The molecule has 0 unspecified atom stereocenters. The molecule has 0 bridgehead atoms. The van der Waals surface area contributed by atoms with Gasteiger partial charge in [-0.25, -0.2) is 0 Å². The maximum Gasteiger partial charge on any atom is 0.124 e. The van der Waals surface area contributed by atoms with Gasteiger partial charge in [-0.2, -0.15) is 0 Å². The predicted octanol–water partition coefficient (Wildman–Crippen LogP) is 3.29. The SMILES string of the molecule is COc1cc(Br)ccc1[C@H](N)C1CC1.Cl. The molecule has 1 atom stereocenters. The lowest BCUT2D eigenvalue weighted by atomic mass is 10.0. The molecule has 0 spiro atoms. The molecule has 1 aliphatic rings. The van der Waals surface area contributed by atoms with E-state index in [0.717, 1.165) is 15.8 Å². The molecule has 0 aliphatic heterocycles. The minimum atomic E-state index is 0. The van der Waals surface area contributed by atoms with Gasteiger partial charge in [0.1, 0.15) is 5.75 Å². The van der Waals surface area contributed by atoms with Crippen molar-refractivity contribution in [3.05, 3.63) is 28.2 Å². The number of hydrogen-bond acceptors (Lipinski definition) is 2. The third kappa shape index (κ3) is 2.86. The molecule has 4 heteroatoms. The van der Waals surface area contributed by atoms with Gasteiger partial charge in [0.15, 0.2) is 0 Å². The highest BCUT2D eigenvalue weighted by molar-refractivity contribution is 9.10. The maximum absolute atomic E-state index is 6.13. The van der Waals surface area contributed by atoms with Gasteiger partial charge in [-0.3, -0.25) is 0 Å². The van der Waals surface area contributed by atoms with Crippen molar-refractivity contribution in [2.75, 3.05) is 7.11 Å². The number of ether oxygens (including phenoxy) is 1. The summed E-state index contributed by atoms with van der Waals surface area (Å²) in [7, 11) is 1.69. The van der Waals surface area contributed by atoms with Gasteiger partial charge in [0.05, 0.1) is 7.11 Å². The van der Waals surface area contributed by atoms with Crippen molar-refractivity contribution in [3.8, 4) is 5.75 Å². The van der Waals surface area contributed by atoms with Crippen molar-refractivity contribution < 1.29 is 4.74 Å². The van der Waals surface area contributed by atoms with Crippen LogP contribution < -0.4 is 10.5 Å². The molecule has 15 heavy (non-hydrogen) atoms. The van der Waals surface area contributed by atoms with Crippen LogP contribution in [0.3, 0.4) is 0 Å². The molecule has 2 N–H and O–H groups in total. The van der Waals surface area contributed by atoms with E-state index in [0.29, 0.717) is 5.92 Å². The Kier molecular flexibility index (Phi) is 4.44. The second-order valence-electron chi connectivity index (χ2n) is 3.75. The monoisotopic (exact) mass is 291 g/mol. The summed E-state index contributed by atoms with van der Waals surface area (Å²) < 4.78 is 6.34. The number of rotatable bonds is 3. The summed E-state index contributed by atoms with van der Waals surface area (Å²) >= 11 is 3.42. The number of methoxy groups -OCH3 is 1. The Morgan fingerprint density at radius 1 is 1.47 bits per heavy atom. The number of nitrogens with two attached hydrogens (primary N) is 1. The highest BCUT2D eigenvalue weighted by atomic mass is 79.9. The topological polar surface area (TPSA) is 35.2 Å². The number of hydrogen-bond donors (Lipinski definition) is 1. The molecule has 0 heterocycles. The summed E-state index contributed by atoms with van der Waals surface area (Å²) in [5.41, 5.74) is 7.25. The normalized spacial score (nSPS) is 16.7. The molecule has 0 amide bonds. The first kappa shape index (κ1) is 12.8. The number of halogens is 2. The van der Waals surface area contributed by atoms with E-state index in [1.54, 1.807) is 7.11 Å². The van der Waals surface area contributed by atoms with Crippen LogP contribution in [0.4, 0.5) is 0 Å². The quantitative estimate of drug-likeness (QED) is 0.928. The lowest BCUT2D eigenvalue weighted by molar-refractivity contribution is 0.402. The first-order valence-electron chi connectivity index (χ1n) is 4.81. The first-order valence-corrected chi connectivity index (χ1v) is 5.60. The average Bonchev–Trinajstić information content (AvgIpc) is 3.00. The molecule has 2 nitrogen and oxygen atoms in total. The van der Waals surface area contributed by atoms with Gasteiger partial charge in [-0.1, -0.05) is 22.0 Å². The van der Waals surface area contributed by atoms with Gasteiger partial charge in [0, 0.05) is 16.1 Å². The van der Waals surface area contributed by atoms with E-state index >= 15 is 0 Å². The largest absolute Gasteiger partial charge is 0.496 e. The van der Waals surface area contributed by atoms with Crippen molar-refractivity contribution in [1.29, 1.82) is 0 Å². The molecule has 1 fully saturated rings. The summed E-state index contributed by atoms with van der Waals surface area (Å²) in [5, 5.41) is 0.